The number of carbonyl (C=O) groups is 2. The Morgan fingerprint density at radius 2 is 1.96 bits per heavy atom. The Morgan fingerprint density at radius 1 is 1.19 bits per heavy atom. The molecule has 1 aromatic carbocycles. The molecule has 0 bridgehead atoms. The van der Waals surface area contributed by atoms with Gasteiger partial charge in [0.05, 0.1) is 6.26 Å². The Balaban J connectivity index is 1.57. The van der Waals surface area contributed by atoms with Crippen molar-refractivity contribution in [3.05, 3.63) is 53.5 Å². The third kappa shape index (κ3) is 5.20. The number of carbonyl (C=O) groups excluding carboxylic acids is 2. The summed E-state index contributed by atoms with van der Waals surface area (Å²) in [5, 5.41) is 5.81. The molecule has 2 heterocycles. The first-order valence-corrected chi connectivity index (χ1v) is 9.49. The molecule has 1 fully saturated rings. The first kappa shape index (κ1) is 19.2. The Kier molecular flexibility index (Phi) is 6.29. The van der Waals surface area contributed by atoms with Crippen LogP contribution in [0, 0.1) is 12.8 Å². The standard InChI is InChI=1S/C21H27N3O3/c1-15(14-24-9-3-4-10-24)13-22-20(25)17-8-7-16(2)18(12-17)23-21(26)19-6-5-11-27-19/h5-8,11-12,15H,3-4,9-10,13-14H2,1-2H3,(H,22,25)(H,23,26). The fraction of sp³-hybridized carbons (Fsp3) is 0.429. The lowest BCUT2D eigenvalue weighted by molar-refractivity contribution is 0.0943. The van der Waals surface area contributed by atoms with Gasteiger partial charge in [0.1, 0.15) is 0 Å². The molecule has 1 saturated heterocycles. The topological polar surface area (TPSA) is 74.6 Å². The van der Waals surface area contributed by atoms with E-state index < -0.39 is 0 Å². The van der Waals surface area contributed by atoms with E-state index in [1.54, 1.807) is 24.3 Å². The molecule has 1 aromatic heterocycles. The number of aryl methyl sites for hydroxylation is 1. The van der Waals surface area contributed by atoms with Crippen molar-refractivity contribution in [2.45, 2.75) is 26.7 Å². The third-order valence-electron chi connectivity index (χ3n) is 4.87. The van der Waals surface area contributed by atoms with Crippen LogP contribution in [0.25, 0.3) is 0 Å². The van der Waals surface area contributed by atoms with E-state index >= 15 is 0 Å². The van der Waals surface area contributed by atoms with Crippen LogP contribution in [0.4, 0.5) is 5.69 Å². The molecule has 3 rings (SSSR count). The quantitative estimate of drug-likeness (QED) is 0.785. The number of benzene rings is 1. The molecule has 2 aromatic rings. The van der Waals surface area contributed by atoms with Crippen molar-refractivity contribution in [1.82, 2.24) is 10.2 Å². The van der Waals surface area contributed by atoms with Gasteiger partial charge in [-0.3, -0.25) is 9.59 Å². The van der Waals surface area contributed by atoms with Gasteiger partial charge in [-0.25, -0.2) is 0 Å². The van der Waals surface area contributed by atoms with Crippen LogP contribution in [-0.4, -0.2) is 42.9 Å². The molecule has 1 unspecified atom stereocenters. The predicted octanol–water partition coefficient (Wildman–Crippen LogP) is 3.30. The first-order chi connectivity index (χ1) is 13.0. The van der Waals surface area contributed by atoms with Crippen LogP contribution in [0.1, 0.15) is 46.2 Å². The smallest absolute Gasteiger partial charge is 0.291 e. The molecule has 27 heavy (non-hydrogen) atoms. The highest BCUT2D eigenvalue weighted by Crippen LogP contribution is 2.18. The number of rotatable bonds is 7. The Bertz CT molecular complexity index is 780. The van der Waals surface area contributed by atoms with Crippen LogP contribution in [0.2, 0.25) is 0 Å². The summed E-state index contributed by atoms with van der Waals surface area (Å²) >= 11 is 0. The summed E-state index contributed by atoms with van der Waals surface area (Å²) in [5.41, 5.74) is 2.02. The van der Waals surface area contributed by atoms with Gasteiger partial charge >= 0.3 is 0 Å². The maximum absolute atomic E-state index is 12.5. The van der Waals surface area contributed by atoms with E-state index in [4.69, 9.17) is 4.42 Å². The van der Waals surface area contributed by atoms with Gasteiger partial charge in [-0.15, -0.1) is 0 Å². The lowest BCUT2D eigenvalue weighted by Crippen LogP contribution is -2.34. The van der Waals surface area contributed by atoms with Gasteiger partial charge in [0.2, 0.25) is 0 Å². The van der Waals surface area contributed by atoms with Gasteiger partial charge < -0.3 is 20.0 Å². The zero-order valence-corrected chi connectivity index (χ0v) is 16.0. The molecule has 0 saturated carbocycles. The number of hydrogen-bond acceptors (Lipinski definition) is 4. The largest absolute Gasteiger partial charge is 0.459 e. The highest BCUT2D eigenvalue weighted by atomic mass is 16.3. The number of furan rings is 1. The minimum absolute atomic E-state index is 0.128. The van der Waals surface area contributed by atoms with Crippen LogP contribution in [-0.2, 0) is 0 Å². The number of likely N-dealkylation sites (tertiary alicyclic amines) is 1. The molecule has 0 radical (unpaired) electrons. The molecule has 2 amide bonds. The second-order valence-electron chi connectivity index (χ2n) is 7.28. The third-order valence-corrected chi connectivity index (χ3v) is 4.87. The van der Waals surface area contributed by atoms with E-state index in [9.17, 15) is 9.59 Å². The minimum Gasteiger partial charge on any atom is -0.459 e. The Labute approximate surface area is 159 Å². The monoisotopic (exact) mass is 369 g/mol. The summed E-state index contributed by atoms with van der Waals surface area (Å²) in [7, 11) is 0. The van der Waals surface area contributed by atoms with Crippen molar-refractivity contribution >= 4 is 17.5 Å². The summed E-state index contributed by atoms with van der Waals surface area (Å²) in [6, 6.07) is 8.58. The van der Waals surface area contributed by atoms with E-state index in [0.29, 0.717) is 23.7 Å². The van der Waals surface area contributed by atoms with E-state index in [1.165, 1.54) is 19.1 Å². The van der Waals surface area contributed by atoms with Crippen molar-refractivity contribution in [1.29, 1.82) is 0 Å². The normalized spacial score (nSPS) is 15.5. The number of hydrogen-bond donors (Lipinski definition) is 2. The summed E-state index contributed by atoms with van der Waals surface area (Å²) in [6.45, 7) is 8.01. The lowest BCUT2D eigenvalue weighted by atomic mass is 10.1. The SMILES string of the molecule is Cc1ccc(C(=O)NCC(C)CN2CCCC2)cc1NC(=O)c1ccco1. The molecular weight excluding hydrogens is 342 g/mol. The van der Waals surface area contributed by atoms with Crippen LogP contribution in [0.3, 0.4) is 0 Å². The van der Waals surface area contributed by atoms with Crippen molar-refractivity contribution in [2.24, 2.45) is 5.92 Å². The lowest BCUT2D eigenvalue weighted by Gasteiger charge is -2.20. The average molecular weight is 369 g/mol. The Hall–Kier alpha value is -2.60. The van der Waals surface area contributed by atoms with Crippen molar-refractivity contribution in [3.8, 4) is 0 Å². The van der Waals surface area contributed by atoms with E-state index in [1.807, 2.05) is 13.0 Å². The fourth-order valence-corrected chi connectivity index (χ4v) is 3.33. The average Bonchev–Trinajstić information content (AvgIpc) is 3.35. The van der Waals surface area contributed by atoms with Gasteiger partial charge in [-0.2, -0.15) is 0 Å². The summed E-state index contributed by atoms with van der Waals surface area (Å²) in [5.74, 6) is 0.173. The molecule has 2 N–H and O–H groups in total. The molecule has 0 aliphatic carbocycles. The van der Waals surface area contributed by atoms with Gasteiger partial charge in [-0.05, 0) is 68.6 Å². The van der Waals surface area contributed by atoms with Crippen molar-refractivity contribution < 1.29 is 14.0 Å². The number of amides is 2. The molecule has 1 aliphatic rings. The van der Waals surface area contributed by atoms with Crippen LogP contribution in [0.5, 0.6) is 0 Å². The molecule has 0 spiro atoms. The number of nitrogens with one attached hydrogen (secondary N) is 2. The van der Waals surface area contributed by atoms with Gasteiger partial charge in [0.15, 0.2) is 5.76 Å². The molecule has 144 valence electrons. The van der Waals surface area contributed by atoms with E-state index in [-0.39, 0.29) is 17.6 Å². The summed E-state index contributed by atoms with van der Waals surface area (Å²) < 4.78 is 5.11. The fourth-order valence-electron chi connectivity index (χ4n) is 3.33. The molecule has 6 heteroatoms. The molecular formula is C21H27N3O3. The van der Waals surface area contributed by atoms with E-state index in [0.717, 1.165) is 25.2 Å². The zero-order chi connectivity index (χ0) is 19.2. The van der Waals surface area contributed by atoms with Crippen molar-refractivity contribution in [2.75, 3.05) is 31.5 Å². The van der Waals surface area contributed by atoms with Gasteiger partial charge in [-0.1, -0.05) is 13.0 Å². The zero-order valence-electron chi connectivity index (χ0n) is 16.0. The maximum atomic E-state index is 12.5. The summed E-state index contributed by atoms with van der Waals surface area (Å²) in [6.07, 6.45) is 4.00. The van der Waals surface area contributed by atoms with E-state index in [2.05, 4.69) is 22.5 Å². The van der Waals surface area contributed by atoms with Crippen LogP contribution < -0.4 is 10.6 Å². The number of nitrogens with zero attached hydrogens (tertiary/aromatic N) is 1. The Morgan fingerprint density at radius 3 is 2.67 bits per heavy atom. The van der Waals surface area contributed by atoms with Gasteiger partial charge in [0, 0.05) is 24.3 Å². The molecule has 1 atom stereocenters. The molecule has 1 aliphatic heterocycles. The highest BCUT2D eigenvalue weighted by Gasteiger charge is 2.16. The second-order valence-corrected chi connectivity index (χ2v) is 7.28. The highest BCUT2D eigenvalue weighted by molar-refractivity contribution is 6.03. The minimum atomic E-state index is -0.333. The van der Waals surface area contributed by atoms with Crippen molar-refractivity contribution in [3.63, 3.8) is 0 Å². The number of anilines is 1. The first-order valence-electron chi connectivity index (χ1n) is 9.49. The van der Waals surface area contributed by atoms with Gasteiger partial charge in [0.25, 0.3) is 11.8 Å². The maximum Gasteiger partial charge on any atom is 0.291 e. The van der Waals surface area contributed by atoms with Crippen LogP contribution >= 0.6 is 0 Å². The predicted molar refractivity (Wildman–Crippen MR) is 105 cm³/mol. The van der Waals surface area contributed by atoms with Crippen LogP contribution in [0.15, 0.2) is 41.0 Å². The summed E-state index contributed by atoms with van der Waals surface area (Å²) in [4.78, 5) is 27.1. The molecule has 6 nitrogen and oxygen atoms in total. The second kappa shape index (κ2) is 8.86.